The summed E-state index contributed by atoms with van der Waals surface area (Å²) in [6.07, 6.45) is 2.18. The zero-order valence-electron chi connectivity index (χ0n) is 18.7. The quantitative estimate of drug-likeness (QED) is 0.330. The van der Waals surface area contributed by atoms with Gasteiger partial charge < -0.3 is 5.32 Å². The van der Waals surface area contributed by atoms with Gasteiger partial charge in [-0.1, -0.05) is 12.1 Å². The smallest absolute Gasteiger partial charge is 0.312 e. The number of carbonyl (C=O) groups excluding carboxylic acids is 1. The van der Waals surface area contributed by atoms with Gasteiger partial charge in [0.1, 0.15) is 11.4 Å². The fourth-order valence-electron chi connectivity index (χ4n) is 3.89. The van der Waals surface area contributed by atoms with Gasteiger partial charge in [-0.3, -0.25) is 19.6 Å². The first-order valence-corrected chi connectivity index (χ1v) is 10.9. The van der Waals surface area contributed by atoms with Crippen LogP contribution in [-0.2, 0) is 6.54 Å². The first-order chi connectivity index (χ1) is 16.4. The van der Waals surface area contributed by atoms with Crippen LogP contribution < -0.4 is 5.32 Å². The van der Waals surface area contributed by atoms with Crippen molar-refractivity contribution in [2.24, 2.45) is 0 Å². The number of aryl methyl sites for hydroxylation is 1. The van der Waals surface area contributed by atoms with E-state index in [1.807, 2.05) is 41.1 Å². The zero-order valence-corrected chi connectivity index (χ0v) is 18.7. The summed E-state index contributed by atoms with van der Waals surface area (Å²) in [4.78, 5) is 23.5. The van der Waals surface area contributed by atoms with E-state index in [9.17, 15) is 14.9 Å². The third-order valence-corrected chi connectivity index (χ3v) is 5.86. The van der Waals surface area contributed by atoms with Crippen LogP contribution in [0.5, 0.6) is 0 Å². The highest BCUT2D eigenvalue weighted by Gasteiger charge is 2.28. The molecule has 1 fully saturated rings. The molecule has 5 rings (SSSR count). The van der Waals surface area contributed by atoms with E-state index in [0.717, 1.165) is 29.8 Å². The molecule has 172 valence electrons. The monoisotopic (exact) mass is 458 g/mol. The van der Waals surface area contributed by atoms with Gasteiger partial charge in [0.15, 0.2) is 5.82 Å². The lowest BCUT2D eigenvalue weighted by Crippen LogP contribution is -2.12. The number of anilines is 1. The lowest BCUT2D eigenvalue weighted by atomic mass is 10.1. The average molecular weight is 458 g/mol. The number of carbonyl (C=O) groups is 1. The van der Waals surface area contributed by atoms with Crippen molar-refractivity contribution in [2.75, 3.05) is 5.32 Å². The minimum absolute atomic E-state index is 0.0334. The number of benzene rings is 2. The SMILES string of the molecule is Cc1nn(Cc2ccc(C(=O)Nc3ccc(-c4nnnn4C4CC4)cc3)cc2)c(C)c1[N+](=O)[O-]. The van der Waals surface area contributed by atoms with Crippen molar-refractivity contribution in [3.8, 4) is 11.4 Å². The van der Waals surface area contributed by atoms with Gasteiger partial charge in [-0.15, -0.1) is 5.10 Å². The molecule has 1 N–H and O–H groups in total. The van der Waals surface area contributed by atoms with Crippen molar-refractivity contribution in [3.05, 3.63) is 81.2 Å². The standard InChI is InChI=1S/C23H22N8O3/c1-14-21(31(33)34)15(2)29(26-14)13-16-3-5-18(6-4-16)23(32)24-19-9-7-17(8-10-19)22-25-27-28-30(22)20-11-12-20/h3-10,20H,11-13H2,1-2H3,(H,24,32). The van der Waals surface area contributed by atoms with E-state index in [4.69, 9.17) is 0 Å². The van der Waals surface area contributed by atoms with Crippen LogP contribution in [0.4, 0.5) is 11.4 Å². The van der Waals surface area contributed by atoms with Crippen molar-refractivity contribution >= 4 is 17.3 Å². The lowest BCUT2D eigenvalue weighted by Gasteiger charge is -2.08. The molecule has 1 saturated carbocycles. The second-order valence-electron chi connectivity index (χ2n) is 8.34. The van der Waals surface area contributed by atoms with E-state index >= 15 is 0 Å². The molecule has 11 nitrogen and oxygen atoms in total. The fraction of sp³-hybridized carbons (Fsp3) is 0.261. The first kappa shape index (κ1) is 21.4. The molecule has 2 aromatic heterocycles. The topological polar surface area (TPSA) is 134 Å². The Hall–Kier alpha value is -4.41. The molecular weight excluding hydrogens is 436 g/mol. The van der Waals surface area contributed by atoms with Crippen LogP contribution in [0.2, 0.25) is 0 Å². The van der Waals surface area contributed by atoms with Crippen molar-refractivity contribution in [1.82, 2.24) is 30.0 Å². The summed E-state index contributed by atoms with van der Waals surface area (Å²) in [7, 11) is 0. The molecule has 0 unspecified atom stereocenters. The van der Waals surface area contributed by atoms with Crippen molar-refractivity contribution < 1.29 is 9.72 Å². The molecule has 4 aromatic rings. The second-order valence-corrected chi connectivity index (χ2v) is 8.34. The van der Waals surface area contributed by atoms with Crippen molar-refractivity contribution in [3.63, 3.8) is 0 Å². The second kappa shape index (κ2) is 8.50. The predicted octanol–water partition coefficient (Wildman–Crippen LogP) is 3.70. The van der Waals surface area contributed by atoms with Gasteiger partial charge in [0.25, 0.3) is 5.91 Å². The molecule has 0 atom stereocenters. The number of amides is 1. The molecule has 0 spiro atoms. The van der Waals surface area contributed by atoms with Crippen LogP contribution in [0.15, 0.2) is 48.5 Å². The van der Waals surface area contributed by atoms with Gasteiger partial charge in [-0.05, 0) is 79.1 Å². The maximum atomic E-state index is 12.7. The number of hydrogen-bond acceptors (Lipinski definition) is 7. The third kappa shape index (κ3) is 4.15. The summed E-state index contributed by atoms with van der Waals surface area (Å²) in [6.45, 7) is 3.68. The average Bonchev–Trinajstić information content (AvgIpc) is 3.47. The number of tetrazole rings is 1. The Kier molecular flexibility index (Phi) is 5.36. The fourth-order valence-corrected chi connectivity index (χ4v) is 3.89. The predicted molar refractivity (Wildman–Crippen MR) is 123 cm³/mol. The van der Waals surface area contributed by atoms with E-state index in [0.29, 0.717) is 35.2 Å². The number of aromatic nitrogens is 6. The molecular formula is C23H22N8O3. The van der Waals surface area contributed by atoms with E-state index in [1.165, 1.54) is 0 Å². The highest BCUT2D eigenvalue weighted by Crippen LogP contribution is 2.36. The zero-order chi connectivity index (χ0) is 23.8. The Morgan fingerprint density at radius 3 is 2.44 bits per heavy atom. The normalized spacial score (nSPS) is 13.1. The number of rotatable bonds is 7. The molecule has 1 aliphatic rings. The van der Waals surface area contributed by atoms with E-state index in [2.05, 4.69) is 25.9 Å². The van der Waals surface area contributed by atoms with Gasteiger partial charge in [-0.25, -0.2) is 4.68 Å². The van der Waals surface area contributed by atoms with Crippen LogP contribution in [-0.4, -0.2) is 40.8 Å². The lowest BCUT2D eigenvalue weighted by molar-refractivity contribution is -0.386. The number of nitro groups is 1. The molecule has 0 radical (unpaired) electrons. The maximum absolute atomic E-state index is 12.7. The molecule has 2 aromatic carbocycles. The van der Waals surface area contributed by atoms with Crippen molar-refractivity contribution in [1.29, 1.82) is 0 Å². The highest BCUT2D eigenvalue weighted by molar-refractivity contribution is 6.04. The van der Waals surface area contributed by atoms with Gasteiger partial charge in [0, 0.05) is 16.8 Å². The van der Waals surface area contributed by atoms with Crippen LogP contribution in [0.25, 0.3) is 11.4 Å². The largest absolute Gasteiger partial charge is 0.322 e. The highest BCUT2D eigenvalue weighted by atomic mass is 16.6. The molecule has 11 heteroatoms. The van der Waals surface area contributed by atoms with Crippen LogP contribution in [0.1, 0.15) is 46.2 Å². The molecule has 1 aliphatic carbocycles. The minimum Gasteiger partial charge on any atom is -0.322 e. The third-order valence-electron chi connectivity index (χ3n) is 5.86. The summed E-state index contributed by atoms with van der Waals surface area (Å²) >= 11 is 0. The van der Waals surface area contributed by atoms with Crippen LogP contribution in [0, 0.1) is 24.0 Å². The van der Waals surface area contributed by atoms with E-state index in [1.54, 1.807) is 30.7 Å². The van der Waals surface area contributed by atoms with Gasteiger partial charge in [-0.2, -0.15) is 5.10 Å². The minimum atomic E-state index is -0.414. The Morgan fingerprint density at radius 2 is 1.82 bits per heavy atom. The summed E-state index contributed by atoms with van der Waals surface area (Å²) in [5.74, 6) is 0.493. The van der Waals surface area contributed by atoms with Gasteiger partial charge in [0.05, 0.1) is 17.5 Å². The van der Waals surface area contributed by atoms with Crippen LogP contribution in [0.3, 0.4) is 0 Å². The summed E-state index contributed by atoms with van der Waals surface area (Å²) in [5, 5.41) is 30.3. The molecule has 1 amide bonds. The number of nitrogens with one attached hydrogen (secondary N) is 1. The molecule has 2 heterocycles. The Bertz CT molecular complexity index is 1370. The van der Waals surface area contributed by atoms with Crippen molar-refractivity contribution in [2.45, 2.75) is 39.3 Å². The van der Waals surface area contributed by atoms with Crippen LogP contribution >= 0.6 is 0 Å². The maximum Gasteiger partial charge on any atom is 0.312 e. The number of hydrogen-bond donors (Lipinski definition) is 1. The Balaban J connectivity index is 1.24. The molecule has 0 bridgehead atoms. The van der Waals surface area contributed by atoms with E-state index < -0.39 is 4.92 Å². The molecule has 0 aliphatic heterocycles. The Labute approximate surface area is 194 Å². The summed E-state index contributed by atoms with van der Waals surface area (Å²) < 4.78 is 3.45. The summed E-state index contributed by atoms with van der Waals surface area (Å²) in [5.41, 5.74) is 3.86. The van der Waals surface area contributed by atoms with Gasteiger partial charge in [0.2, 0.25) is 0 Å². The molecule has 34 heavy (non-hydrogen) atoms. The van der Waals surface area contributed by atoms with Gasteiger partial charge >= 0.3 is 5.69 Å². The number of nitrogens with zero attached hydrogens (tertiary/aromatic N) is 7. The van der Waals surface area contributed by atoms with E-state index in [-0.39, 0.29) is 11.6 Å². The summed E-state index contributed by atoms with van der Waals surface area (Å²) in [6, 6.07) is 14.9. The first-order valence-electron chi connectivity index (χ1n) is 10.9. The Morgan fingerprint density at radius 1 is 1.12 bits per heavy atom. The molecule has 0 saturated heterocycles.